The van der Waals surface area contributed by atoms with E-state index in [2.05, 4.69) is 13.2 Å². The maximum atomic E-state index is 15.0. The molecule has 0 atom stereocenters. The molecule has 4 rings (SSSR count). The van der Waals surface area contributed by atoms with E-state index in [1.807, 2.05) is 0 Å². The van der Waals surface area contributed by atoms with Crippen LogP contribution in [0.1, 0.15) is 31.8 Å². The Morgan fingerprint density at radius 1 is 0.696 bits per heavy atom. The smallest absolute Gasteiger partial charge is 0.343 e. The van der Waals surface area contributed by atoms with Crippen molar-refractivity contribution in [3.8, 4) is 34.1 Å². The van der Waals surface area contributed by atoms with Crippen molar-refractivity contribution >= 4 is 23.7 Å². The molecule has 46 heavy (non-hydrogen) atoms. The van der Waals surface area contributed by atoms with Gasteiger partial charge in [0.2, 0.25) is 6.79 Å². The van der Waals surface area contributed by atoms with Gasteiger partial charge in [-0.25, -0.2) is 18.8 Å². The van der Waals surface area contributed by atoms with E-state index in [0.717, 1.165) is 6.08 Å². The third-order valence-electron chi connectivity index (χ3n) is 6.51. The first-order chi connectivity index (χ1) is 22.1. The molecule has 0 spiro atoms. The number of rotatable bonds is 13. The van der Waals surface area contributed by atoms with Gasteiger partial charge in [0.15, 0.2) is 24.0 Å². The van der Waals surface area contributed by atoms with Gasteiger partial charge in [-0.1, -0.05) is 19.2 Å². The number of esters is 3. The maximum Gasteiger partial charge on any atom is 0.343 e. The van der Waals surface area contributed by atoms with Crippen LogP contribution < -0.4 is 18.9 Å². The van der Waals surface area contributed by atoms with Gasteiger partial charge in [-0.05, 0) is 115 Å². The Labute approximate surface area is 264 Å². The minimum atomic E-state index is -0.779. The number of benzene rings is 4. The van der Waals surface area contributed by atoms with E-state index >= 15 is 4.39 Å². The highest BCUT2D eigenvalue weighted by atomic mass is 19.1. The number of hydrogen-bond acceptors (Lipinski definition) is 9. The van der Waals surface area contributed by atoms with Crippen LogP contribution in [0, 0.1) is 19.7 Å². The number of ketones is 1. The number of carbonyl (C=O) groups is 4. The summed E-state index contributed by atoms with van der Waals surface area (Å²) in [6.45, 7) is 9.73. The van der Waals surface area contributed by atoms with E-state index in [0.29, 0.717) is 39.5 Å². The van der Waals surface area contributed by atoms with Gasteiger partial charge in [-0.2, -0.15) is 0 Å². The molecule has 0 N–H and O–H groups in total. The second-order valence-corrected chi connectivity index (χ2v) is 9.80. The molecular weight excluding hydrogens is 595 g/mol. The van der Waals surface area contributed by atoms with Crippen molar-refractivity contribution in [2.24, 2.45) is 0 Å². The van der Waals surface area contributed by atoms with Crippen LogP contribution in [0.3, 0.4) is 0 Å². The van der Waals surface area contributed by atoms with Gasteiger partial charge < -0.3 is 23.7 Å². The normalized spacial score (nSPS) is 10.3. The zero-order valence-corrected chi connectivity index (χ0v) is 25.0. The summed E-state index contributed by atoms with van der Waals surface area (Å²) in [7, 11) is 0. The molecule has 0 aliphatic carbocycles. The summed E-state index contributed by atoms with van der Waals surface area (Å²) in [5.74, 6) is -2.14. The van der Waals surface area contributed by atoms with Crippen molar-refractivity contribution in [1.29, 1.82) is 0 Å². The molecule has 0 aliphatic rings. The molecule has 0 aromatic heterocycles. The van der Waals surface area contributed by atoms with Gasteiger partial charge in [0.1, 0.15) is 17.2 Å². The van der Waals surface area contributed by atoms with Crippen molar-refractivity contribution in [3.63, 3.8) is 0 Å². The monoisotopic (exact) mass is 624 g/mol. The third kappa shape index (κ3) is 8.54. The molecule has 4 aromatic carbocycles. The zero-order chi connectivity index (χ0) is 33.2. The van der Waals surface area contributed by atoms with E-state index in [1.54, 1.807) is 44.2 Å². The minimum Gasteiger partial charge on any atom is -0.485 e. The molecule has 0 amide bonds. The third-order valence-corrected chi connectivity index (χ3v) is 6.51. The van der Waals surface area contributed by atoms with E-state index < -0.39 is 23.7 Å². The molecule has 0 saturated heterocycles. The standard InChI is InChI=1S/C36H29FO9/c1-5-28(38)20-42-29-12-7-25(8-13-29)36(41)46-34-22(3)17-27(18-23(34)4)26-11-16-32(31(37)19-26)45-35(40)24-9-14-30(15-10-24)43-21-44-33(39)6-2/h5-19H,1-2,20-21H2,3-4H3. The molecule has 9 nitrogen and oxygen atoms in total. The number of ether oxygens (including phenoxy) is 5. The van der Waals surface area contributed by atoms with Crippen LogP contribution in [0.15, 0.2) is 104 Å². The molecule has 0 fully saturated rings. The fourth-order valence-corrected chi connectivity index (χ4v) is 4.15. The summed E-state index contributed by atoms with van der Waals surface area (Å²) < 4.78 is 41.3. The number of aryl methyl sites for hydroxylation is 2. The first kappa shape index (κ1) is 32.9. The Morgan fingerprint density at radius 3 is 1.80 bits per heavy atom. The first-order valence-electron chi connectivity index (χ1n) is 13.8. The SMILES string of the molecule is C=CC(=O)COc1ccc(C(=O)Oc2c(C)cc(-c3ccc(OC(=O)c4ccc(OCOC(=O)C=C)cc4)c(F)c3)cc2C)cc1. The molecule has 0 unspecified atom stereocenters. The van der Waals surface area contributed by atoms with E-state index in [4.69, 9.17) is 23.7 Å². The minimum absolute atomic E-state index is 0.152. The summed E-state index contributed by atoms with van der Waals surface area (Å²) in [6.07, 6.45) is 2.17. The highest BCUT2D eigenvalue weighted by molar-refractivity contribution is 5.92. The van der Waals surface area contributed by atoms with Crippen molar-refractivity contribution in [1.82, 2.24) is 0 Å². The van der Waals surface area contributed by atoms with Gasteiger partial charge in [-0.3, -0.25) is 4.79 Å². The molecule has 0 aliphatic heterocycles. The van der Waals surface area contributed by atoms with Crippen LogP contribution in [0.4, 0.5) is 4.39 Å². The van der Waals surface area contributed by atoms with Gasteiger partial charge in [0.25, 0.3) is 0 Å². The molecule has 0 saturated carbocycles. The van der Waals surface area contributed by atoms with E-state index in [1.165, 1.54) is 54.6 Å². The van der Waals surface area contributed by atoms with Crippen molar-refractivity contribution in [2.45, 2.75) is 13.8 Å². The second kappa shape index (κ2) is 15.1. The highest BCUT2D eigenvalue weighted by Crippen LogP contribution is 2.33. The van der Waals surface area contributed by atoms with Crippen LogP contribution in [-0.2, 0) is 14.3 Å². The van der Waals surface area contributed by atoms with Crippen LogP contribution in [0.5, 0.6) is 23.0 Å². The molecule has 4 aromatic rings. The van der Waals surface area contributed by atoms with E-state index in [9.17, 15) is 19.2 Å². The quantitative estimate of drug-likeness (QED) is 0.0690. The van der Waals surface area contributed by atoms with Crippen molar-refractivity contribution in [2.75, 3.05) is 13.4 Å². The van der Waals surface area contributed by atoms with Gasteiger partial charge >= 0.3 is 17.9 Å². The molecule has 234 valence electrons. The van der Waals surface area contributed by atoms with Crippen LogP contribution in [0.25, 0.3) is 11.1 Å². The number of halogens is 1. The van der Waals surface area contributed by atoms with Crippen molar-refractivity contribution < 1.29 is 47.3 Å². The maximum absolute atomic E-state index is 15.0. The zero-order valence-electron chi connectivity index (χ0n) is 25.0. The largest absolute Gasteiger partial charge is 0.485 e. The molecule has 0 radical (unpaired) electrons. The predicted molar refractivity (Wildman–Crippen MR) is 167 cm³/mol. The Hall–Kier alpha value is -6.03. The average Bonchev–Trinajstić information content (AvgIpc) is 3.06. The Balaban J connectivity index is 1.39. The summed E-state index contributed by atoms with van der Waals surface area (Å²) in [4.78, 5) is 47.8. The first-order valence-corrected chi connectivity index (χ1v) is 13.8. The topological polar surface area (TPSA) is 114 Å². The lowest BCUT2D eigenvalue weighted by atomic mass is 9.99. The van der Waals surface area contributed by atoms with Crippen LogP contribution in [-0.4, -0.2) is 37.1 Å². The second-order valence-electron chi connectivity index (χ2n) is 9.80. The number of hydrogen-bond donors (Lipinski definition) is 0. The summed E-state index contributed by atoms with van der Waals surface area (Å²) in [5.41, 5.74) is 2.91. The molecule has 10 heteroatoms. The Bertz CT molecular complexity index is 1770. The van der Waals surface area contributed by atoms with Crippen LogP contribution >= 0.6 is 0 Å². The lowest BCUT2D eigenvalue weighted by molar-refractivity contribution is -0.144. The Kier molecular flexibility index (Phi) is 10.8. The van der Waals surface area contributed by atoms with Crippen molar-refractivity contribution in [3.05, 3.63) is 132 Å². The van der Waals surface area contributed by atoms with E-state index in [-0.39, 0.29) is 36.1 Å². The molecule has 0 bridgehead atoms. The van der Waals surface area contributed by atoms with Gasteiger partial charge in [-0.15, -0.1) is 0 Å². The number of carbonyl (C=O) groups excluding carboxylic acids is 4. The van der Waals surface area contributed by atoms with Gasteiger partial charge in [0.05, 0.1) is 11.1 Å². The fraction of sp³-hybridized carbons (Fsp3) is 0.111. The predicted octanol–water partition coefficient (Wildman–Crippen LogP) is 6.75. The summed E-state index contributed by atoms with van der Waals surface area (Å²) in [6, 6.07) is 19.7. The lowest BCUT2D eigenvalue weighted by Gasteiger charge is -2.14. The Morgan fingerprint density at radius 2 is 1.26 bits per heavy atom. The fourth-order valence-electron chi connectivity index (χ4n) is 4.15. The summed E-state index contributed by atoms with van der Waals surface area (Å²) >= 11 is 0. The molecular formula is C36H29FO9. The highest BCUT2D eigenvalue weighted by Gasteiger charge is 2.17. The average molecular weight is 625 g/mol. The molecule has 0 heterocycles. The van der Waals surface area contributed by atoms with Crippen LogP contribution in [0.2, 0.25) is 0 Å². The summed E-state index contributed by atoms with van der Waals surface area (Å²) in [5, 5.41) is 0. The lowest BCUT2D eigenvalue weighted by Crippen LogP contribution is -2.11. The van der Waals surface area contributed by atoms with Gasteiger partial charge in [0, 0.05) is 6.08 Å².